The normalized spacial score (nSPS) is 15.7. The third-order valence-electron chi connectivity index (χ3n) is 4.51. The van der Waals surface area contributed by atoms with Gasteiger partial charge in [-0.25, -0.2) is 4.39 Å². The molecule has 2 heterocycles. The molecule has 1 atom stereocenters. The summed E-state index contributed by atoms with van der Waals surface area (Å²) in [6.07, 6.45) is 3.64. The van der Waals surface area contributed by atoms with Crippen LogP contribution in [0, 0.1) is 5.82 Å². The fraction of sp³-hybridized carbons (Fsp3) is 0.227. The van der Waals surface area contributed by atoms with E-state index in [1.54, 1.807) is 18.3 Å². The molecule has 4 rings (SSSR count). The summed E-state index contributed by atoms with van der Waals surface area (Å²) in [6.45, 7) is 2.02. The summed E-state index contributed by atoms with van der Waals surface area (Å²) in [5.74, 6) is 1.36. The van der Waals surface area contributed by atoms with Gasteiger partial charge in [0.15, 0.2) is 11.5 Å². The lowest BCUT2D eigenvalue weighted by Gasteiger charge is -2.29. The summed E-state index contributed by atoms with van der Waals surface area (Å²) in [5, 5.41) is 0. The van der Waals surface area contributed by atoms with Crippen molar-refractivity contribution in [2.75, 3.05) is 20.2 Å². The minimum absolute atomic E-state index is 0.0156. The molecular formula is C22H21FN2O2. The molecule has 5 heteroatoms. The van der Waals surface area contributed by atoms with Gasteiger partial charge < -0.3 is 9.47 Å². The van der Waals surface area contributed by atoms with Crippen LogP contribution < -0.4 is 9.47 Å². The number of halogens is 1. The molecule has 1 aliphatic heterocycles. The summed E-state index contributed by atoms with van der Waals surface area (Å²) in [5.41, 5.74) is 3.03. The number of hydrogen-bond acceptors (Lipinski definition) is 4. The predicted molar refractivity (Wildman–Crippen MR) is 102 cm³/mol. The van der Waals surface area contributed by atoms with E-state index < -0.39 is 0 Å². The first kappa shape index (κ1) is 17.5. The number of aromatic nitrogens is 1. The number of benzene rings is 2. The van der Waals surface area contributed by atoms with Crippen molar-refractivity contribution in [3.63, 3.8) is 0 Å². The largest absolute Gasteiger partial charge is 0.486 e. The average molecular weight is 364 g/mol. The van der Waals surface area contributed by atoms with E-state index in [0.29, 0.717) is 6.61 Å². The van der Waals surface area contributed by atoms with Gasteiger partial charge in [0.25, 0.3) is 0 Å². The van der Waals surface area contributed by atoms with Crippen molar-refractivity contribution < 1.29 is 13.9 Å². The molecule has 0 aliphatic carbocycles. The second-order valence-corrected chi connectivity index (χ2v) is 6.78. The van der Waals surface area contributed by atoms with Crippen LogP contribution in [0.2, 0.25) is 0 Å². The minimum atomic E-state index is -0.237. The minimum Gasteiger partial charge on any atom is -0.486 e. The smallest absolute Gasteiger partial charge is 0.161 e. The first-order valence-corrected chi connectivity index (χ1v) is 8.94. The standard InChI is InChI=1S/C22H21FN2O2/c1-25(14-20-15-26-21-4-2-3-5-22(21)27-20)13-16-10-18(12-24-11-16)17-6-8-19(23)9-7-17/h2-12,20H,13-15H2,1H3. The van der Waals surface area contributed by atoms with Crippen LogP contribution in [0.1, 0.15) is 5.56 Å². The number of pyridine rings is 1. The van der Waals surface area contributed by atoms with Gasteiger partial charge in [0, 0.05) is 31.0 Å². The van der Waals surface area contributed by atoms with E-state index in [2.05, 4.69) is 23.0 Å². The van der Waals surface area contributed by atoms with Gasteiger partial charge in [-0.05, 0) is 48.5 Å². The summed E-state index contributed by atoms with van der Waals surface area (Å²) >= 11 is 0. The highest BCUT2D eigenvalue weighted by molar-refractivity contribution is 5.62. The number of likely N-dealkylation sites (N-methyl/N-ethyl adjacent to an activating group) is 1. The average Bonchev–Trinajstić information content (AvgIpc) is 2.68. The maximum Gasteiger partial charge on any atom is 0.161 e. The van der Waals surface area contributed by atoms with E-state index >= 15 is 0 Å². The molecule has 0 spiro atoms. The molecule has 0 saturated heterocycles. The Labute approximate surface area is 158 Å². The van der Waals surface area contributed by atoms with Crippen molar-refractivity contribution in [1.82, 2.24) is 9.88 Å². The molecule has 3 aromatic rings. The third kappa shape index (κ3) is 4.26. The van der Waals surface area contributed by atoms with Crippen molar-refractivity contribution >= 4 is 0 Å². The van der Waals surface area contributed by atoms with Crippen LogP contribution in [0.4, 0.5) is 4.39 Å². The lowest BCUT2D eigenvalue weighted by molar-refractivity contribution is 0.0638. The zero-order chi connectivity index (χ0) is 18.6. The van der Waals surface area contributed by atoms with E-state index in [1.807, 2.05) is 30.5 Å². The zero-order valence-corrected chi connectivity index (χ0v) is 15.1. The van der Waals surface area contributed by atoms with E-state index in [4.69, 9.17) is 9.47 Å². The highest BCUT2D eigenvalue weighted by Gasteiger charge is 2.22. The zero-order valence-electron chi connectivity index (χ0n) is 15.1. The Kier molecular flexibility index (Phi) is 5.03. The quantitative estimate of drug-likeness (QED) is 0.681. The Morgan fingerprint density at radius 3 is 2.63 bits per heavy atom. The molecule has 138 valence electrons. The fourth-order valence-electron chi connectivity index (χ4n) is 3.25. The van der Waals surface area contributed by atoms with Gasteiger partial charge in [-0.2, -0.15) is 0 Å². The van der Waals surface area contributed by atoms with E-state index in [0.717, 1.165) is 41.3 Å². The van der Waals surface area contributed by atoms with E-state index in [-0.39, 0.29) is 11.9 Å². The first-order valence-electron chi connectivity index (χ1n) is 8.94. The molecule has 1 aliphatic rings. The Balaban J connectivity index is 1.39. The Hall–Kier alpha value is -2.92. The number of ether oxygens (including phenoxy) is 2. The van der Waals surface area contributed by atoms with Crippen LogP contribution in [0.15, 0.2) is 67.0 Å². The summed E-state index contributed by atoms with van der Waals surface area (Å²) < 4.78 is 24.9. The van der Waals surface area contributed by atoms with Gasteiger partial charge in [0.05, 0.1) is 0 Å². The van der Waals surface area contributed by atoms with Gasteiger partial charge in [-0.15, -0.1) is 0 Å². The fourth-order valence-corrected chi connectivity index (χ4v) is 3.25. The molecule has 0 fully saturated rings. The maximum absolute atomic E-state index is 13.1. The van der Waals surface area contributed by atoms with Crippen LogP contribution in [0.3, 0.4) is 0 Å². The van der Waals surface area contributed by atoms with Gasteiger partial charge in [0.2, 0.25) is 0 Å². The lowest BCUT2D eigenvalue weighted by Crippen LogP contribution is -2.39. The van der Waals surface area contributed by atoms with Crippen LogP contribution >= 0.6 is 0 Å². The second-order valence-electron chi connectivity index (χ2n) is 6.78. The van der Waals surface area contributed by atoms with Crippen molar-refractivity contribution in [2.45, 2.75) is 12.6 Å². The summed E-state index contributed by atoms with van der Waals surface area (Å²) in [4.78, 5) is 6.52. The van der Waals surface area contributed by atoms with E-state index in [9.17, 15) is 4.39 Å². The Morgan fingerprint density at radius 2 is 1.81 bits per heavy atom. The van der Waals surface area contributed by atoms with Crippen LogP contribution in [-0.2, 0) is 6.54 Å². The monoisotopic (exact) mass is 364 g/mol. The SMILES string of the molecule is CN(Cc1cncc(-c2ccc(F)cc2)c1)CC1COc2ccccc2O1. The van der Waals surface area contributed by atoms with Crippen LogP contribution in [-0.4, -0.2) is 36.2 Å². The maximum atomic E-state index is 13.1. The molecule has 0 amide bonds. The van der Waals surface area contributed by atoms with Crippen molar-refractivity contribution in [3.05, 3.63) is 78.4 Å². The number of para-hydroxylation sites is 2. The van der Waals surface area contributed by atoms with Gasteiger partial charge in [-0.1, -0.05) is 24.3 Å². The van der Waals surface area contributed by atoms with E-state index in [1.165, 1.54) is 12.1 Å². The number of nitrogens with zero attached hydrogens (tertiary/aromatic N) is 2. The predicted octanol–water partition coefficient (Wildman–Crippen LogP) is 4.16. The lowest BCUT2D eigenvalue weighted by atomic mass is 10.1. The van der Waals surface area contributed by atoms with Crippen LogP contribution in [0.5, 0.6) is 11.5 Å². The molecule has 0 radical (unpaired) electrons. The van der Waals surface area contributed by atoms with Crippen molar-refractivity contribution in [1.29, 1.82) is 0 Å². The summed E-state index contributed by atoms with van der Waals surface area (Å²) in [6, 6.07) is 16.3. The molecule has 1 unspecified atom stereocenters. The number of fused-ring (bicyclic) bond motifs is 1. The van der Waals surface area contributed by atoms with Gasteiger partial charge in [0.1, 0.15) is 18.5 Å². The second kappa shape index (κ2) is 7.76. The Morgan fingerprint density at radius 1 is 1.04 bits per heavy atom. The third-order valence-corrected chi connectivity index (χ3v) is 4.51. The topological polar surface area (TPSA) is 34.6 Å². The highest BCUT2D eigenvalue weighted by Crippen LogP contribution is 2.31. The first-order chi connectivity index (χ1) is 13.2. The highest BCUT2D eigenvalue weighted by atomic mass is 19.1. The van der Waals surface area contributed by atoms with Crippen molar-refractivity contribution in [3.8, 4) is 22.6 Å². The molecule has 1 aromatic heterocycles. The molecule has 0 N–H and O–H groups in total. The summed E-state index contributed by atoms with van der Waals surface area (Å²) in [7, 11) is 2.05. The Bertz CT molecular complexity index is 914. The molecule has 2 aromatic carbocycles. The van der Waals surface area contributed by atoms with Crippen LogP contribution in [0.25, 0.3) is 11.1 Å². The number of rotatable bonds is 5. The number of hydrogen-bond donors (Lipinski definition) is 0. The molecule has 4 nitrogen and oxygen atoms in total. The van der Waals surface area contributed by atoms with Gasteiger partial charge >= 0.3 is 0 Å². The van der Waals surface area contributed by atoms with Crippen molar-refractivity contribution in [2.24, 2.45) is 0 Å². The molecule has 0 bridgehead atoms. The molecular weight excluding hydrogens is 343 g/mol. The molecule has 27 heavy (non-hydrogen) atoms. The molecule has 0 saturated carbocycles. The van der Waals surface area contributed by atoms with Gasteiger partial charge in [-0.3, -0.25) is 9.88 Å².